The number of methoxy groups -OCH3 is 1. The lowest BCUT2D eigenvalue weighted by atomic mass is 10.1. The van der Waals surface area contributed by atoms with Crippen LogP contribution in [0.25, 0.3) is 0 Å². The first-order valence-corrected chi connectivity index (χ1v) is 7.58. The van der Waals surface area contributed by atoms with Gasteiger partial charge in [0.05, 0.1) is 17.7 Å². The third kappa shape index (κ3) is 3.53. The SMILES string of the molecule is COc1ccc(Oc2cc(Br)ccc2C(C)O)c(Br)c1. The van der Waals surface area contributed by atoms with Gasteiger partial charge in [-0.25, -0.2) is 0 Å². The van der Waals surface area contributed by atoms with Gasteiger partial charge in [-0.2, -0.15) is 0 Å². The number of benzene rings is 2. The molecular weight excluding hydrogens is 388 g/mol. The molecule has 0 aliphatic heterocycles. The molecule has 0 aromatic heterocycles. The molecule has 0 saturated carbocycles. The standard InChI is InChI=1S/C15H14Br2O3/c1-9(18)12-5-3-10(16)7-15(12)20-14-6-4-11(19-2)8-13(14)17/h3-9,18H,1-2H3. The molecule has 1 unspecified atom stereocenters. The van der Waals surface area contributed by atoms with E-state index in [0.29, 0.717) is 11.5 Å². The van der Waals surface area contributed by atoms with Crippen molar-refractivity contribution in [3.8, 4) is 17.2 Å². The Morgan fingerprint density at radius 3 is 2.40 bits per heavy atom. The van der Waals surface area contributed by atoms with Gasteiger partial charge in [0.25, 0.3) is 0 Å². The fourth-order valence-corrected chi connectivity index (χ4v) is 2.53. The van der Waals surface area contributed by atoms with Crippen molar-refractivity contribution in [3.05, 3.63) is 50.9 Å². The Bertz CT molecular complexity index is 612. The highest BCUT2D eigenvalue weighted by Crippen LogP contribution is 2.36. The maximum absolute atomic E-state index is 9.80. The zero-order chi connectivity index (χ0) is 14.7. The molecule has 106 valence electrons. The Kier molecular flexibility index (Phi) is 5.07. The smallest absolute Gasteiger partial charge is 0.141 e. The molecule has 0 amide bonds. The summed E-state index contributed by atoms with van der Waals surface area (Å²) in [7, 11) is 1.61. The molecule has 1 N–H and O–H groups in total. The first-order valence-electron chi connectivity index (χ1n) is 6.00. The highest BCUT2D eigenvalue weighted by atomic mass is 79.9. The lowest BCUT2D eigenvalue weighted by Gasteiger charge is -2.15. The summed E-state index contributed by atoms with van der Waals surface area (Å²) in [5, 5.41) is 9.80. The van der Waals surface area contributed by atoms with E-state index in [0.717, 1.165) is 20.3 Å². The van der Waals surface area contributed by atoms with Crippen LogP contribution in [0.15, 0.2) is 45.3 Å². The molecule has 3 nitrogen and oxygen atoms in total. The van der Waals surface area contributed by atoms with E-state index in [2.05, 4.69) is 31.9 Å². The minimum Gasteiger partial charge on any atom is -0.497 e. The monoisotopic (exact) mass is 400 g/mol. The van der Waals surface area contributed by atoms with Crippen molar-refractivity contribution >= 4 is 31.9 Å². The molecule has 0 radical (unpaired) electrons. The quantitative estimate of drug-likeness (QED) is 0.777. The van der Waals surface area contributed by atoms with Crippen LogP contribution in [0.2, 0.25) is 0 Å². The molecule has 0 aliphatic carbocycles. The number of aliphatic hydroxyl groups is 1. The molecule has 2 aromatic rings. The van der Waals surface area contributed by atoms with Crippen molar-refractivity contribution < 1.29 is 14.6 Å². The van der Waals surface area contributed by atoms with Crippen LogP contribution in [0.4, 0.5) is 0 Å². The summed E-state index contributed by atoms with van der Waals surface area (Å²) in [6, 6.07) is 11.0. The van der Waals surface area contributed by atoms with Crippen molar-refractivity contribution in [3.63, 3.8) is 0 Å². The lowest BCUT2D eigenvalue weighted by Crippen LogP contribution is -1.96. The summed E-state index contributed by atoms with van der Waals surface area (Å²) in [6.07, 6.45) is -0.602. The van der Waals surface area contributed by atoms with Gasteiger partial charge in [0.2, 0.25) is 0 Å². The van der Waals surface area contributed by atoms with Gasteiger partial charge in [-0.1, -0.05) is 22.0 Å². The third-order valence-corrected chi connectivity index (χ3v) is 3.90. The maximum Gasteiger partial charge on any atom is 0.141 e. The average molecular weight is 402 g/mol. The Hall–Kier alpha value is -1.04. The Morgan fingerprint density at radius 2 is 1.80 bits per heavy atom. The summed E-state index contributed by atoms with van der Waals surface area (Å²) < 4.78 is 12.7. The van der Waals surface area contributed by atoms with E-state index in [4.69, 9.17) is 9.47 Å². The number of hydrogen-bond acceptors (Lipinski definition) is 3. The molecule has 2 rings (SSSR count). The van der Waals surface area contributed by atoms with Crippen molar-refractivity contribution in [1.29, 1.82) is 0 Å². The van der Waals surface area contributed by atoms with Crippen LogP contribution in [0, 0.1) is 0 Å². The first kappa shape index (κ1) is 15.4. The number of aliphatic hydroxyl groups excluding tert-OH is 1. The molecule has 0 aliphatic rings. The van der Waals surface area contributed by atoms with Gasteiger partial charge in [-0.15, -0.1) is 0 Å². The molecule has 20 heavy (non-hydrogen) atoms. The van der Waals surface area contributed by atoms with Crippen LogP contribution in [0.3, 0.4) is 0 Å². The average Bonchev–Trinajstić information content (AvgIpc) is 2.40. The largest absolute Gasteiger partial charge is 0.497 e. The van der Waals surface area contributed by atoms with Gasteiger partial charge in [0, 0.05) is 10.0 Å². The molecular formula is C15H14Br2O3. The van der Waals surface area contributed by atoms with E-state index in [-0.39, 0.29) is 0 Å². The van der Waals surface area contributed by atoms with E-state index in [1.54, 1.807) is 14.0 Å². The van der Waals surface area contributed by atoms with Gasteiger partial charge in [0.1, 0.15) is 17.2 Å². The number of ether oxygens (including phenoxy) is 2. The lowest BCUT2D eigenvalue weighted by molar-refractivity contribution is 0.195. The molecule has 0 fully saturated rings. The summed E-state index contributed by atoms with van der Waals surface area (Å²) >= 11 is 6.85. The first-order chi connectivity index (χ1) is 9.51. The van der Waals surface area contributed by atoms with Crippen molar-refractivity contribution in [2.45, 2.75) is 13.0 Å². The maximum atomic E-state index is 9.80. The molecule has 0 bridgehead atoms. The van der Waals surface area contributed by atoms with Crippen molar-refractivity contribution in [2.75, 3.05) is 7.11 Å². The summed E-state index contributed by atoms with van der Waals surface area (Å²) in [6.45, 7) is 1.71. The molecule has 2 aromatic carbocycles. The molecule has 0 spiro atoms. The molecule has 0 saturated heterocycles. The van der Waals surface area contributed by atoms with Crippen molar-refractivity contribution in [2.24, 2.45) is 0 Å². The van der Waals surface area contributed by atoms with E-state index in [9.17, 15) is 5.11 Å². The zero-order valence-corrected chi connectivity index (χ0v) is 14.2. The van der Waals surface area contributed by atoms with Crippen molar-refractivity contribution in [1.82, 2.24) is 0 Å². The van der Waals surface area contributed by atoms with E-state index in [1.165, 1.54) is 0 Å². The molecule has 5 heteroatoms. The van der Waals surface area contributed by atoms with E-state index < -0.39 is 6.10 Å². The predicted octanol–water partition coefficient (Wildman–Crippen LogP) is 5.07. The van der Waals surface area contributed by atoms with Crippen LogP contribution in [-0.2, 0) is 0 Å². The van der Waals surface area contributed by atoms with Gasteiger partial charge < -0.3 is 14.6 Å². The molecule has 0 heterocycles. The summed E-state index contributed by atoms with van der Waals surface area (Å²) in [5.41, 5.74) is 0.732. The Labute approximate surface area is 134 Å². The fourth-order valence-electron chi connectivity index (χ4n) is 1.75. The highest BCUT2D eigenvalue weighted by molar-refractivity contribution is 9.10. The van der Waals surface area contributed by atoms with Crippen LogP contribution >= 0.6 is 31.9 Å². The highest BCUT2D eigenvalue weighted by Gasteiger charge is 2.12. The third-order valence-electron chi connectivity index (χ3n) is 2.78. The van der Waals surface area contributed by atoms with Gasteiger partial charge in [-0.3, -0.25) is 0 Å². The summed E-state index contributed by atoms with van der Waals surface area (Å²) in [5.74, 6) is 2.01. The van der Waals surface area contributed by atoms with E-state index in [1.807, 2.05) is 36.4 Å². The zero-order valence-electron chi connectivity index (χ0n) is 11.1. The Morgan fingerprint density at radius 1 is 1.05 bits per heavy atom. The van der Waals surface area contributed by atoms with Crippen LogP contribution in [0.1, 0.15) is 18.6 Å². The summed E-state index contributed by atoms with van der Waals surface area (Å²) in [4.78, 5) is 0. The van der Waals surface area contributed by atoms with Gasteiger partial charge >= 0.3 is 0 Å². The number of halogens is 2. The normalized spacial score (nSPS) is 12.1. The minimum absolute atomic E-state index is 0.602. The van der Waals surface area contributed by atoms with Crippen LogP contribution in [0.5, 0.6) is 17.2 Å². The predicted molar refractivity (Wildman–Crippen MR) is 85.5 cm³/mol. The van der Waals surface area contributed by atoms with Crippen LogP contribution in [-0.4, -0.2) is 12.2 Å². The second kappa shape index (κ2) is 6.61. The van der Waals surface area contributed by atoms with Crippen LogP contribution < -0.4 is 9.47 Å². The van der Waals surface area contributed by atoms with Gasteiger partial charge in [0.15, 0.2) is 0 Å². The topological polar surface area (TPSA) is 38.7 Å². The number of hydrogen-bond donors (Lipinski definition) is 1. The fraction of sp³-hybridized carbons (Fsp3) is 0.200. The molecule has 1 atom stereocenters. The van der Waals surface area contributed by atoms with Gasteiger partial charge in [-0.05, 0) is 53.2 Å². The number of rotatable bonds is 4. The minimum atomic E-state index is -0.602. The second-order valence-corrected chi connectivity index (χ2v) is 6.03. The second-order valence-electron chi connectivity index (χ2n) is 4.26. The van der Waals surface area contributed by atoms with E-state index >= 15 is 0 Å². The Balaban J connectivity index is 2.36.